The van der Waals surface area contributed by atoms with Crippen LogP contribution < -0.4 is 4.72 Å². The zero-order chi connectivity index (χ0) is 19.7. The molecule has 0 aromatic heterocycles. The Morgan fingerprint density at radius 1 is 0.893 bits per heavy atom. The van der Waals surface area contributed by atoms with Crippen molar-refractivity contribution in [3.8, 4) is 11.1 Å². The standard InChI is InChI=1S/C24H23NO2S/c1-3-18-16-20-10-7-11-22(19-8-5-4-6-9-19)23(20)24(18)25-28(26,27)21-14-12-17(2)13-15-21/h4-16,24-25H,3H2,1-2H3. The maximum Gasteiger partial charge on any atom is 0.241 e. The van der Waals surface area contributed by atoms with Gasteiger partial charge in [-0.25, -0.2) is 8.42 Å². The molecule has 4 rings (SSSR count). The van der Waals surface area contributed by atoms with Crippen molar-refractivity contribution in [2.75, 3.05) is 0 Å². The first-order chi connectivity index (χ1) is 13.5. The molecule has 3 nitrogen and oxygen atoms in total. The van der Waals surface area contributed by atoms with E-state index in [1.807, 2.05) is 43.3 Å². The fourth-order valence-electron chi connectivity index (χ4n) is 3.75. The molecule has 1 atom stereocenters. The van der Waals surface area contributed by atoms with Crippen molar-refractivity contribution in [1.82, 2.24) is 4.72 Å². The van der Waals surface area contributed by atoms with Crippen LogP contribution in [0.5, 0.6) is 0 Å². The van der Waals surface area contributed by atoms with Crippen LogP contribution in [0.4, 0.5) is 0 Å². The molecule has 28 heavy (non-hydrogen) atoms. The van der Waals surface area contributed by atoms with Gasteiger partial charge in [0.05, 0.1) is 10.9 Å². The van der Waals surface area contributed by atoms with Crippen molar-refractivity contribution in [2.24, 2.45) is 0 Å². The second kappa shape index (κ2) is 7.38. The molecule has 1 unspecified atom stereocenters. The molecule has 1 aliphatic carbocycles. The largest absolute Gasteiger partial charge is 0.241 e. The second-order valence-electron chi connectivity index (χ2n) is 7.11. The van der Waals surface area contributed by atoms with Crippen molar-refractivity contribution in [3.63, 3.8) is 0 Å². The van der Waals surface area contributed by atoms with Gasteiger partial charge in [0.1, 0.15) is 0 Å². The Morgan fingerprint density at radius 2 is 1.61 bits per heavy atom. The molecule has 3 aromatic carbocycles. The second-order valence-corrected chi connectivity index (χ2v) is 8.83. The average molecular weight is 390 g/mol. The first-order valence-electron chi connectivity index (χ1n) is 9.47. The van der Waals surface area contributed by atoms with Crippen LogP contribution in [0.25, 0.3) is 17.2 Å². The summed E-state index contributed by atoms with van der Waals surface area (Å²) in [5.41, 5.74) is 6.37. The highest BCUT2D eigenvalue weighted by molar-refractivity contribution is 7.89. The highest BCUT2D eigenvalue weighted by atomic mass is 32.2. The van der Waals surface area contributed by atoms with Crippen LogP contribution in [0.1, 0.15) is 36.1 Å². The van der Waals surface area contributed by atoms with E-state index in [1.54, 1.807) is 12.1 Å². The van der Waals surface area contributed by atoms with Gasteiger partial charge in [-0.1, -0.05) is 79.2 Å². The molecule has 0 aliphatic heterocycles. The van der Waals surface area contributed by atoms with Gasteiger partial charge in [-0.05, 0) is 53.3 Å². The van der Waals surface area contributed by atoms with Gasteiger partial charge in [0.15, 0.2) is 0 Å². The first kappa shape index (κ1) is 18.7. The number of hydrogen-bond donors (Lipinski definition) is 1. The number of sulfonamides is 1. The van der Waals surface area contributed by atoms with Crippen LogP contribution in [0.3, 0.4) is 0 Å². The molecule has 0 bridgehead atoms. The SMILES string of the molecule is CCC1=Cc2cccc(-c3ccccc3)c2C1NS(=O)(=O)c1ccc(C)cc1. The maximum absolute atomic E-state index is 13.1. The summed E-state index contributed by atoms with van der Waals surface area (Å²) < 4.78 is 29.1. The first-order valence-corrected chi connectivity index (χ1v) is 11.0. The van der Waals surface area contributed by atoms with E-state index in [0.29, 0.717) is 4.90 Å². The summed E-state index contributed by atoms with van der Waals surface area (Å²) in [6, 6.07) is 22.9. The fourth-order valence-corrected chi connectivity index (χ4v) is 4.96. The van der Waals surface area contributed by atoms with Gasteiger partial charge >= 0.3 is 0 Å². The number of benzene rings is 3. The van der Waals surface area contributed by atoms with Crippen LogP contribution >= 0.6 is 0 Å². The quantitative estimate of drug-likeness (QED) is 0.627. The molecule has 3 aromatic rings. The topological polar surface area (TPSA) is 46.2 Å². The molecule has 0 saturated carbocycles. The molecule has 142 valence electrons. The van der Waals surface area contributed by atoms with E-state index in [0.717, 1.165) is 39.8 Å². The Kier molecular flexibility index (Phi) is 4.92. The molecule has 1 aliphatic rings. The zero-order valence-electron chi connectivity index (χ0n) is 16.0. The van der Waals surface area contributed by atoms with Gasteiger partial charge in [-0.15, -0.1) is 0 Å². The van der Waals surface area contributed by atoms with Crippen molar-refractivity contribution < 1.29 is 8.42 Å². The zero-order valence-corrected chi connectivity index (χ0v) is 16.8. The third-order valence-electron chi connectivity index (χ3n) is 5.24. The van der Waals surface area contributed by atoms with Gasteiger partial charge in [-0.2, -0.15) is 4.72 Å². The van der Waals surface area contributed by atoms with Gasteiger partial charge < -0.3 is 0 Å². The van der Waals surface area contributed by atoms with Crippen molar-refractivity contribution in [3.05, 3.63) is 95.1 Å². The molecule has 0 fully saturated rings. The molecule has 0 spiro atoms. The Labute approximate surface area is 166 Å². The normalized spacial score (nSPS) is 15.9. The Bertz CT molecular complexity index is 1130. The van der Waals surface area contributed by atoms with E-state index in [-0.39, 0.29) is 6.04 Å². The average Bonchev–Trinajstić information content (AvgIpc) is 3.06. The summed E-state index contributed by atoms with van der Waals surface area (Å²) in [6.45, 7) is 4.01. The highest BCUT2D eigenvalue weighted by Crippen LogP contribution is 2.42. The number of fused-ring (bicyclic) bond motifs is 1. The molecule has 0 saturated heterocycles. The van der Waals surface area contributed by atoms with Crippen LogP contribution in [-0.4, -0.2) is 8.42 Å². The number of rotatable bonds is 5. The van der Waals surface area contributed by atoms with Crippen molar-refractivity contribution in [1.29, 1.82) is 0 Å². The lowest BCUT2D eigenvalue weighted by atomic mass is 9.93. The molecule has 0 amide bonds. The van der Waals surface area contributed by atoms with E-state index < -0.39 is 10.0 Å². The molecule has 0 heterocycles. The van der Waals surface area contributed by atoms with Crippen LogP contribution in [0.2, 0.25) is 0 Å². The third-order valence-corrected chi connectivity index (χ3v) is 6.68. The Morgan fingerprint density at radius 3 is 2.29 bits per heavy atom. The van der Waals surface area contributed by atoms with Crippen LogP contribution in [-0.2, 0) is 10.0 Å². The minimum absolute atomic E-state index is 0.291. The monoisotopic (exact) mass is 389 g/mol. The van der Waals surface area contributed by atoms with Crippen molar-refractivity contribution >= 4 is 16.1 Å². The minimum atomic E-state index is -3.64. The predicted octanol–water partition coefficient (Wildman–Crippen LogP) is 5.49. The van der Waals surface area contributed by atoms with E-state index in [4.69, 9.17) is 0 Å². The summed E-state index contributed by atoms with van der Waals surface area (Å²) in [6.07, 6.45) is 2.90. The lowest BCUT2D eigenvalue weighted by Crippen LogP contribution is -2.29. The summed E-state index contributed by atoms with van der Waals surface area (Å²) >= 11 is 0. The van der Waals surface area contributed by atoms with E-state index >= 15 is 0 Å². The lowest BCUT2D eigenvalue weighted by Gasteiger charge is -2.21. The van der Waals surface area contributed by atoms with Crippen LogP contribution in [0.15, 0.2) is 83.3 Å². The molecular weight excluding hydrogens is 366 g/mol. The summed E-state index contributed by atoms with van der Waals surface area (Å²) in [5.74, 6) is 0. The van der Waals surface area contributed by atoms with E-state index in [1.165, 1.54) is 0 Å². The van der Waals surface area contributed by atoms with Gasteiger partial charge in [-0.3, -0.25) is 0 Å². The van der Waals surface area contributed by atoms with Gasteiger partial charge in [0.25, 0.3) is 0 Å². The van der Waals surface area contributed by atoms with Gasteiger partial charge in [0.2, 0.25) is 10.0 Å². The summed E-state index contributed by atoms with van der Waals surface area (Å²) in [4.78, 5) is 0.291. The Hall–Kier alpha value is -2.69. The summed E-state index contributed by atoms with van der Waals surface area (Å²) in [5, 5.41) is 0. The van der Waals surface area contributed by atoms with Gasteiger partial charge in [0, 0.05) is 0 Å². The molecule has 0 radical (unpaired) electrons. The molecular formula is C24H23NO2S. The number of hydrogen-bond acceptors (Lipinski definition) is 2. The van der Waals surface area contributed by atoms with E-state index in [9.17, 15) is 8.42 Å². The predicted molar refractivity (Wildman–Crippen MR) is 114 cm³/mol. The number of nitrogens with one attached hydrogen (secondary N) is 1. The molecule has 4 heteroatoms. The molecule has 1 N–H and O–H groups in total. The lowest BCUT2D eigenvalue weighted by molar-refractivity contribution is 0.570. The minimum Gasteiger partial charge on any atom is -0.207 e. The van der Waals surface area contributed by atoms with E-state index in [2.05, 4.69) is 42.0 Å². The Balaban J connectivity index is 1.79. The smallest absolute Gasteiger partial charge is 0.207 e. The maximum atomic E-state index is 13.1. The fraction of sp³-hybridized carbons (Fsp3) is 0.167. The van der Waals surface area contributed by atoms with Crippen molar-refractivity contribution in [2.45, 2.75) is 31.2 Å². The third kappa shape index (κ3) is 3.41. The van der Waals surface area contributed by atoms with Crippen LogP contribution in [0, 0.1) is 6.92 Å². The number of aryl methyl sites for hydroxylation is 1. The summed E-state index contributed by atoms with van der Waals surface area (Å²) in [7, 11) is -3.64. The highest BCUT2D eigenvalue weighted by Gasteiger charge is 2.31.